The lowest BCUT2D eigenvalue weighted by Gasteiger charge is -2.06. The largest absolute Gasteiger partial charge is 0.481 e. The minimum atomic E-state index is -1.10. The third-order valence-corrected chi connectivity index (χ3v) is 2.65. The second-order valence-electron chi connectivity index (χ2n) is 3.18. The van der Waals surface area contributed by atoms with Crippen molar-refractivity contribution in [1.29, 1.82) is 0 Å². The van der Waals surface area contributed by atoms with Gasteiger partial charge in [0.1, 0.15) is 4.88 Å². The van der Waals surface area contributed by atoms with Gasteiger partial charge >= 0.3 is 17.9 Å². The van der Waals surface area contributed by atoms with E-state index in [1.165, 1.54) is 13.0 Å². The molecule has 0 radical (unpaired) electrons. The van der Waals surface area contributed by atoms with Crippen molar-refractivity contribution in [2.24, 2.45) is 5.92 Å². The highest BCUT2D eigenvalue weighted by atomic mass is 32.1. The molecule has 1 heterocycles. The van der Waals surface area contributed by atoms with Crippen LogP contribution in [0, 0.1) is 5.92 Å². The summed E-state index contributed by atoms with van der Waals surface area (Å²) in [5, 5.41) is 10.1. The molecule has 5 nitrogen and oxygen atoms in total. The Balaban J connectivity index is 2.51. The van der Waals surface area contributed by atoms with Gasteiger partial charge in [-0.2, -0.15) is 0 Å². The van der Waals surface area contributed by atoms with Gasteiger partial charge in [0.15, 0.2) is 0 Å². The maximum atomic E-state index is 11.3. The zero-order valence-corrected chi connectivity index (χ0v) is 9.32. The Labute approximate surface area is 95.7 Å². The lowest BCUT2D eigenvalue weighted by molar-refractivity contribution is -0.148. The molecule has 1 aromatic heterocycles. The maximum Gasteiger partial charge on any atom is 0.355 e. The number of rotatable bonds is 4. The van der Waals surface area contributed by atoms with Crippen LogP contribution in [0.15, 0.2) is 17.5 Å². The minimum absolute atomic E-state index is 0.316. The van der Waals surface area contributed by atoms with Gasteiger partial charge in [-0.15, -0.1) is 11.3 Å². The molecule has 1 rings (SSSR count). The number of hydrogen-bond donors (Lipinski definition) is 1. The zero-order chi connectivity index (χ0) is 12.1. The molecular formula is C10H10O5S. The summed E-state index contributed by atoms with van der Waals surface area (Å²) in [6.45, 7) is 1.40. The number of aliphatic carboxylic acids is 1. The zero-order valence-electron chi connectivity index (χ0n) is 8.50. The van der Waals surface area contributed by atoms with Gasteiger partial charge in [-0.05, 0) is 11.4 Å². The number of thiophene rings is 1. The predicted molar refractivity (Wildman–Crippen MR) is 56.2 cm³/mol. The summed E-state index contributed by atoms with van der Waals surface area (Å²) in [7, 11) is 0. The van der Waals surface area contributed by atoms with Crippen LogP contribution in [-0.4, -0.2) is 23.0 Å². The highest BCUT2D eigenvalue weighted by Gasteiger charge is 2.21. The third kappa shape index (κ3) is 3.47. The molecule has 1 atom stereocenters. The van der Waals surface area contributed by atoms with E-state index in [1.54, 1.807) is 11.4 Å². The summed E-state index contributed by atoms with van der Waals surface area (Å²) < 4.78 is 4.53. The van der Waals surface area contributed by atoms with Crippen molar-refractivity contribution in [2.45, 2.75) is 13.3 Å². The van der Waals surface area contributed by atoms with Crippen LogP contribution in [0.5, 0.6) is 0 Å². The molecule has 16 heavy (non-hydrogen) atoms. The number of hydrogen-bond acceptors (Lipinski definition) is 5. The first-order valence-corrected chi connectivity index (χ1v) is 5.40. The highest BCUT2D eigenvalue weighted by molar-refractivity contribution is 7.12. The van der Waals surface area contributed by atoms with Crippen LogP contribution in [-0.2, 0) is 14.3 Å². The Morgan fingerprint density at radius 2 is 2.19 bits per heavy atom. The number of carbonyl (C=O) groups is 3. The Hall–Kier alpha value is -1.69. The van der Waals surface area contributed by atoms with Crippen LogP contribution in [0.3, 0.4) is 0 Å². The van der Waals surface area contributed by atoms with E-state index in [1.807, 2.05) is 0 Å². The number of esters is 2. The maximum absolute atomic E-state index is 11.3. The van der Waals surface area contributed by atoms with Gasteiger partial charge < -0.3 is 9.84 Å². The van der Waals surface area contributed by atoms with Crippen molar-refractivity contribution < 1.29 is 24.2 Å². The van der Waals surface area contributed by atoms with Gasteiger partial charge in [-0.25, -0.2) is 4.79 Å². The van der Waals surface area contributed by atoms with Gasteiger partial charge in [0.25, 0.3) is 0 Å². The van der Waals surface area contributed by atoms with Crippen LogP contribution in [0.1, 0.15) is 23.0 Å². The smallest absolute Gasteiger partial charge is 0.355 e. The predicted octanol–water partition coefficient (Wildman–Crippen LogP) is 1.54. The van der Waals surface area contributed by atoms with Crippen LogP contribution in [0.25, 0.3) is 0 Å². The topological polar surface area (TPSA) is 80.7 Å². The number of carboxylic acids is 1. The number of carbonyl (C=O) groups excluding carboxylic acids is 2. The molecule has 0 aliphatic carbocycles. The minimum Gasteiger partial charge on any atom is -0.481 e. The standard InChI is InChI=1S/C10H10O5S/c1-6(5-8(11)12)9(13)15-10(14)7-3-2-4-16-7/h2-4,6H,5H2,1H3,(H,11,12). The van der Waals surface area contributed by atoms with Gasteiger partial charge in [-0.3, -0.25) is 9.59 Å². The quantitative estimate of drug-likeness (QED) is 0.639. The molecule has 0 fully saturated rings. The molecule has 0 amide bonds. The van der Waals surface area contributed by atoms with Gasteiger partial charge in [0.2, 0.25) is 0 Å². The first-order valence-electron chi connectivity index (χ1n) is 4.52. The fourth-order valence-corrected chi connectivity index (χ4v) is 1.58. The summed E-state index contributed by atoms with van der Waals surface area (Å²) in [6, 6.07) is 3.19. The molecule has 0 aromatic carbocycles. The molecule has 0 bridgehead atoms. The Morgan fingerprint density at radius 1 is 1.50 bits per heavy atom. The third-order valence-electron chi connectivity index (χ3n) is 1.80. The van der Waals surface area contributed by atoms with E-state index in [2.05, 4.69) is 4.74 Å². The molecule has 1 N–H and O–H groups in total. The number of ether oxygens (including phenoxy) is 1. The summed E-state index contributed by atoms with van der Waals surface area (Å²) >= 11 is 1.16. The second kappa shape index (κ2) is 5.41. The summed E-state index contributed by atoms with van der Waals surface area (Å²) in [5.41, 5.74) is 0. The normalized spacial score (nSPS) is 11.8. The molecule has 0 spiro atoms. The van der Waals surface area contributed by atoms with Crippen LogP contribution in [0.4, 0.5) is 0 Å². The highest BCUT2D eigenvalue weighted by Crippen LogP contribution is 2.12. The van der Waals surface area contributed by atoms with E-state index in [0.717, 1.165) is 11.3 Å². The first kappa shape index (κ1) is 12.4. The summed E-state index contributed by atoms with van der Waals surface area (Å²) in [5.74, 6) is -3.49. The molecule has 1 unspecified atom stereocenters. The van der Waals surface area contributed by atoms with Crippen molar-refractivity contribution in [3.05, 3.63) is 22.4 Å². The number of carboxylic acid groups (broad SMARTS) is 1. The van der Waals surface area contributed by atoms with Crippen LogP contribution >= 0.6 is 11.3 Å². The molecule has 86 valence electrons. The van der Waals surface area contributed by atoms with Crippen molar-refractivity contribution in [3.8, 4) is 0 Å². The molecule has 0 aliphatic heterocycles. The Bertz CT molecular complexity index is 395. The van der Waals surface area contributed by atoms with E-state index < -0.39 is 23.8 Å². The van der Waals surface area contributed by atoms with Crippen molar-refractivity contribution in [1.82, 2.24) is 0 Å². The van der Waals surface area contributed by atoms with E-state index in [-0.39, 0.29) is 6.42 Å². The van der Waals surface area contributed by atoms with Crippen molar-refractivity contribution in [2.75, 3.05) is 0 Å². The monoisotopic (exact) mass is 242 g/mol. The molecule has 0 aliphatic rings. The lowest BCUT2D eigenvalue weighted by Crippen LogP contribution is -2.21. The van der Waals surface area contributed by atoms with E-state index in [4.69, 9.17) is 5.11 Å². The Kier molecular flexibility index (Phi) is 4.19. The van der Waals surface area contributed by atoms with E-state index in [0.29, 0.717) is 4.88 Å². The van der Waals surface area contributed by atoms with Gasteiger partial charge in [0, 0.05) is 0 Å². The second-order valence-corrected chi connectivity index (χ2v) is 4.13. The average molecular weight is 242 g/mol. The Morgan fingerprint density at radius 3 is 2.69 bits per heavy atom. The fraction of sp³-hybridized carbons (Fsp3) is 0.300. The van der Waals surface area contributed by atoms with Crippen LogP contribution < -0.4 is 0 Å². The van der Waals surface area contributed by atoms with Crippen LogP contribution in [0.2, 0.25) is 0 Å². The first-order chi connectivity index (χ1) is 7.50. The van der Waals surface area contributed by atoms with E-state index in [9.17, 15) is 14.4 Å². The van der Waals surface area contributed by atoms with Gasteiger partial charge in [-0.1, -0.05) is 13.0 Å². The summed E-state index contributed by atoms with van der Waals surface area (Å²) in [6.07, 6.45) is -0.351. The van der Waals surface area contributed by atoms with Crippen molar-refractivity contribution >= 4 is 29.2 Å². The molecular weight excluding hydrogens is 232 g/mol. The van der Waals surface area contributed by atoms with Crippen molar-refractivity contribution in [3.63, 3.8) is 0 Å². The molecule has 1 aromatic rings. The fourth-order valence-electron chi connectivity index (χ4n) is 0.982. The SMILES string of the molecule is CC(CC(=O)O)C(=O)OC(=O)c1cccs1. The average Bonchev–Trinajstić information content (AvgIpc) is 2.68. The van der Waals surface area contributed by atoms with Gasteiger partial charge in [0.05, 0.1) is 12.3 Å². The summed E-state index contributed by atoms with van der Waals surface area (Å²) in [4.78, 5) is 33.3. The molecule has 0 saturated carbocycles. The van der Waals surface area contributed by atoms with E-state index >= 15 is 0 Å². The molecule has 0 saturated heterocycles. The molecule has 6 heteroatoms. The lowest BCUT2D eigenvalue weighted by atomic mass is 10.1.